The van der Waals surface area contributed by atoms with E-state index in [1.807, 2.05) is 0 Å². The number of carbonyl (C=O) groups excluding carboxylic acids is 1. The van der Waals surface area contributed by atoms with Crippen LogP contribution in [-0.4, -0.2) is 28.0 Å². The first kappa shape index (κ1) is 17.7. The van der Waals surface area contributed by atoms with Crippen molar-refractivity contribution in [3.05, 3.63) is 16.8 Å². The van der Waals surface area contributed by atoms with E-state index in [1.165, 1.54) is 10.4 Å². The molecule has 2 aliphatic rings. The Morgan fingerprint density at radius 3 is 2.81 bits per heavy atom. The third kappa shape index (κ3) is 3.55. The maximum atomic E-state index is 11.3. The number of fused-ring (bicyclic) bond motifs is 3. The molecule has 0 radical (unpaired) electrons. The largest absolute Gasteiger partial charge is 0.474 e. The van der Waals surface area contributed by atoms with Gasteiger partial charge in [-0.2, -0.15) is 0 Å². The van der Waals surface area contributed by atoms with Crippen LogP contribution in [-0.2, 0) is 11.2 Å². The summed E-state index contributed by atoms with van der Waals surface area (Å²) in [5.74, 6) is 0.815. The van der Waals surface area contributed by atoms with Crippen LogP contribution in [0.3, 0.4) is 0 Å². The van der Waals surface area contributed by atoms with Crippen LogP contribution in [0.15, 0.2) is 6.33 Å². The molecular weight excluding hydrogens is 348 g/mol. The molecule has 2 aromatic heterocycles. The summed E-state index contributed by atoms with van der Waals surface area (Å²) >= 11 is 1.75. The average molecular weight is 375 g/mol. The first-order chi connectivity index (χ1) is 12.6. The molecule has 0 spiro atoms. The second-order valence-corrected chi connectivity index (χ2v) is 8.63. The Morgan fingerprint density at radius 1 is 1.23 bits per heavy atom. The minimum absolute atomic E-state index is 0.177. The Morgan fingerprint density at radius 2 is 2.04 bits per heavy atom. The van der Waals surface area contributed by atoms with Gasteiger partial charge in [-0.05, 0) is 62.8 Å². The van der Waals surface area contributed by atoms with Crippen LogP contribution >= 0.6 is 11.3 Å². The molecule has 0 aromatic carbocycles. The summed E-state index contributed by atoms with van der Waals surface area (Å²) in [5, 5.41) is 1.07. The van der Waals surface area contributed by atoms with E-state index in [0.717, 1.165) is 61.6 Å². The van der Waals surface area contributed by atoms with Crippen LogP contribution in [0.2, 0.25) is 0 Å². The minimum Gasteiger partial charge on any atom is -0.474 e. The van der Waals surface area contributed by atoms with E-state index in [0.29, 0.717) is 24.3 Å². The topological polar surface area (TPSA) is 104 Å². The van der Waals surface area contributed by atoms with Gasteiger partial charge in [0.1, 0.15) is 17.3 Å². The predicted octanol–water partition coefficient (Wildman–Crippen LogP) is 3.03. The van der Waals surface area contributed by atoms with Crippen molar-refractivity contribution >= 4 is 27.5 Å². The average Bonchev–Trinajstić information content (AvgIpc) is 3.02. The quantitative estimate of drug-likeness (QED) is 0.837. The fourth-order valence-corrected chi connectivity index (χ4v) is 5.56. The van der Waals surface area contributed by atoms with Crippen molar-refractivity contribution < 1.29 is 9.53 Å². The number of nitrogens with zero attached hydrogens (tertiary/aromatic N) is 2. The smallest absolute Gasteiger partial charge is 0.225 e. The molecule has 1 unspecified atom stereocenters. The van der Waals surface area contributed by atoms with Crippen molar-refractivity contribution in [1.29, 1.82) is 0 Å². The Bertz CT molecular complexity index is 798. The SMILES string of the molecule is NC(=O)CCC1CCCc2sc3ncnc(OC4CCC(N)CC4)c3c21. The van der Waals surface area contributed by atoms with E-state index in [2.05, 4.69) is 9.97 Å². The summed E-state index contributed by atoms with van der Waals surface area (Å²) in [6, 6.07) is 0.298. The van der Waals surface area contributed by atoms with Crippen LogP contribution in [0.25, 0.3) is 10.2 Å². The zero-order valence-electron chi connectivity index (χ0n) is 14.9. The number of hydrogen-bond donors (Lipinski definition) is 2. The molecule has 2 aliphatic carbocycles. The lowest BCUT2D eigenvalue weighted by Gasteiger charge is -2.27. The summed E-state index contributed by atoms with van der Waals surface area (Å²) in [4.78, 5) is 22.6. The number of thiophene rings is 1. The third-order valence-electron chi connectivity index (χ3n) is 5.67. The molecule has 2 aromatic rings. The molecule has 0 aliphatic heterocycles. The molecular formula is C19H26N4O2S. The Labute approximate surface area is 157 Å². The number of ether oxygens (including phenoxy) is 1. The van der Waals surface area contributed by atoms with E-state index in [-0.39, 0.29) is 12.0 Å². The predicted molar refractivity (Wildman–Crippen MR) is 102 cm³/mol. The van der Waals surface area contributed by atoms with Crippen molar-refractivity contribution in [2.45, 2.75) is 75.9 Å². The monoisotopic (exact) mass is 374 g/mol. The van der Waals surface area contributed by atoms with Crippen LogP contribution in [0.5, 0.6) is 5.88 Å². The van der Waals surface area contributed by atoms with E-state index >= 15 is 0 Å². The van der Waals surface area contributed by atoms with E-state index in [9.17, 15) is 4.79 Å². The van der Waals surface area contributed by atoms with Gasteiger partial charge in [-0.3, -0.25) is 4.79 Å². The Hall–Kier alpha value is -1.73. The normalized spacial score (nSPS) is 25.8. The zero-order valence-corrected chi connectivity index (χ0v) is 15.8. The molecule has 6 nitrogen and oxygen atoms in total. The lowest BCUT2D eigenvalue weighted by molar-refractivity contribution is -0.118. The highest BCUT2D eigenvalue weighted by molar-refractivity contribution is 7.18. The summed E-state index contributed by atoms with van der Waals surface area (Å²) < 4.78 is 6.32. The highest BCUT2D eigenvalue weighted by atomic mass is 32.1. The maximum Gasteiger partial charge on any atom is 0.225 e. The molecule has 4 rings (SSSR count). The molecule has 7 heteroatoms. The Balaban J connectivity index is 1.66. The van der Waals surface area contributed by atoms with Crippen LogP contribution in [0.4, 0.5) is 0 Å². The summed E-state index contributed by atoms with van der Waals surface area (Å²) in [7, 11) is 0. The molecule has 1 amide bonds. The Kier molecular flexibility index (Phi) is 5.09. The number of rotatable bonds is 5. The van der Waals surface area contributed by atoms with Gasteiger partial charge in [0, 0.05) is 17.3 Å². The van der Waals surface area contributed by atoms with Gasteiger partial charge in [0.15, 0.2) is 0 Å². The van der Waals surface area contributed by atoms with Crippen LogP contribution < -0.4 is 16.2 Å². The lowest BCUT2D eigenvalue weighted by Crippen LogP contribution is -2.31. The molecule has 0 bridgehead atoms. The lowest BCUT2D eigenvalue weighted by atomic mass is 9.83. The van der Waals surface area contributed by atoms with Crippen molar-refractivity contribution in [1.82, 2.24) is 9.97 Å². The zero-order chi connectivity index (χ0) is 18.1. The van der Waals surface area contributed by atoms with Crippen molar-refractivity contribution in [2.24, 2.45) is 11.5 Å². The molecule has 1 saturated carbocycles. The van der Waals surface area contributed by atoms with Gasteiger partial charge in [0.25, 0.3) is 0 Å². The minimum atomic E-state index is -0.233. The number of aromatic nitrogens is 2. The molecule has 4 N–H and O–H groups in total. The van der Waals surface area contributed by atoms with Gasteiger partial charge in [-0.1, -0.05) is 0 Å². The van der Waals surface area contributed by atoms with Gasteiger partial charge < -0.3 is 16.2 Å². The van der Waals surface area contributed by atoms with E-state index in [4.69, 9.17) is 16.2 Å². The van der Waals surface area contributed by atoms with Crippen LogP contribution in [0, 0.1) is 0 Å². The first-order valence-electron chi connectivity index (χ1n) is 9.58. The summed E-state index contributed by atoms with van der Waals surface area (Å²) in [6.45, 7) is 0. The summed E-state index contributed by atoms with van der Waals surface area (Å²) in [5.41, 5.74) is 12.7. The molecule has 140 valence electrons. The standard InChI is InChI=1S/C19H26N4O2S/c20-12-5-7-13(8-6-12)25-18-17-16-11(4-9-15(21)24)2-1-3-14(16)26-19(17)23-10-22-18/h10-13H,1-9,20H2,(H2,21,24). The van der Waals surface area contributed by atoms with E-state index < -0.39 is 0 Å². The van der Waals surface area contributed by atoms with Gasteiger partial charge >= 0.3 is 0 Å². The fraction of sp³-hybridized carbons (Fsp3) is 0.632. The van der Waals surface area contributed by atoms with Crippen molar-refractivity contribution in [3.8, 4) is 5.88 Å². The highest BCUT2D eigenvalue weighted by Crippen LogP contribution is 2.46. The first-order valence-corrected chi connectivity index (χ1v) is 10.4. The van der Waals surface area contributed by atoms with Crippen molar-refractivity contribution in [3.63, 3.8) is 0 Å². The van der Waals surface area contributed by atoms with Crippen molar-refractivity contribution in [2.75, 3.05) is 0 Å². The fourth-order valence-electron chi connectivity index (χ4n) is 4.30. The number of amides is 1. The van der Waals surface area contributed by atoms with E-state index in [1.54, 1.807) is 17.7 Å². The van der Waals surface area contributed by atoms with Gasteiger partial charge in [0.05, 0.1) is 5.39 Å². The molecule has 2 heterocycles. The number of nitrogens with two attached hydrogens (primary N) is 2. The number of primary amides is 1. The molecule has 1 atom stereocenters. The molecule has 26 heavy (non-hydrogen) atoms. The number of hydrogen-bond acceptors (Lipinski definition) is 6. The highest BCUT2D eigenvalue weighted by Gasteiger charge is 2.29. The second kappa shape index (κ2) is 7.48. The second-order valence-electron chi connectivity index (χ2n) is 7.55. The van der Waals surface area contributed by atoms with Crippen LogP contribution in [0.1, 0.15) is 67.7 Å². The molecule has 0 saturated heterocycles. The van der Waals surface area contributed by atoms with Gasteiger partial charge in [0.2, 0.25) is 11.8 Å². The third-order valence-corrected chi connectivity index (χ3v) is 6.84. The van der Waals surface area contributed by atoms with Gasteiger partial charge in [-0.15, -0.1) is 11.3 Å². The maximum absolute atomic E-state index is 11.3. The number of carbonyl (C=O) groups is 1. The summed E-state index contributed by atoms with van der Waals surface area (Å²) in [6.07, 6.45) is 10.3. The van der Waals surface area contributed by atoms with Gasteiger partial charge in [-0.25, -0.2) is 9.97 Å². The molecule has 1 fully saturated rings. The number of aryl methyl sites for hydroxylation is 1.